The molecule has 0 unspecified atom stereocenters. The molecule has 0 spiro atoms. The molecular formula is C13H16N4. The van der Waals surface area contributed by atoms with E-state index in [9.17, 15) is 0 Å². The molecule has 0 atom stereocenters. The van der Waals surface area contributed by atoms with Crippen molar-refractivity contribution in [2.45, 2.75) is 19.8 Å². The molecular weight excluding hydrogens is 212 g/mol. The highest BCUT2D eigenvalue weighted by Crippen LogP contribution is 2.20. The molecule has 0 radical (unpaired) electrons. The summed E-state index contributed by atoms with van der Waals surface area (Å²) in [6, 6.07) is 6.28. The number of rotatable bonds is 2. The third-order valence-electron chi connectivity index (χ3n) is 2.95. The fourth-order valence-corrected chi connectivity index (χ4v) is 1.79. The van der Waals surface area contributed by atoms with Gasteiger partial charge < -0.3 is 0 Å². The van der Waals surface area contributed by atoms with E-state index in [0.29, 0.717) is 0 Å². The van der Waals surface area contributed by atoms with Crippen LogP contribution >= 0.6 is 0 Å². The van der Waals surface area contributed by atoms with Crippen LogP contribution in [0.1, 0.15) is 18.9 Å². The Hall–Kier alpha value is -1.86. The number of aryl methyl sites for hydroxylation is 1. The van der Waals surface area contributed by atoms with Gasteiger partial charge in [0.1, 0.15) is 5.82 Å². The fraction of sp³-hybridized carbons (Fsp3) is 0.385. The van der Waals surface area contributed by atoms with Crippen LogP contribution in [0.3, 0.4) is 0 Å². The molecule has 17 heavy (non-hydrogen) atoms. The highest BCUT2D eigenvalue weighted by Gasteiger charge is 2.17. The maximum Gasteiger partial charge on any atom is 0.147 e. The quantitative estimate of drug-likeness (QED) is 0.777. The van der Waals surface area contributed by atoms with Crippen molar-refractivity contribution >= 4 is 5.82 Å². The molecule has 1 aliphatic heterocycles. The lowest BCUT2D eigenvalue weighted by molar-refractivity contribution is 0.325. The van der Waals surface area contributed by atoms with Crippen molar-refractivity contribution in [2.75, 3.05) is 18.6 Å². The third-order valence-corrected chi connectivity index (χ3v) is 2.95. The van der Waals surface area contributed by atoms with E-state index in [-0.39, 0.29) is 0 Å². The second-order valence-electron chi connectivity index (χ2n) is 4.12. The van der Waals surface area contributed by atoms with Crippen LogP contribution in [-0.4, -0.2) is 23.6 Å². The zero-order valence-corrected chi connectivity index (χ0v) is 10.2. The van der Waals surface area contributed by atoms with Gasteiger partial charge in [0.2, 0.25) is 0 Å². The number of hydrogen-bond acceptors (Lipinski definition) is 4. The van der Waals surface area contributed by atoms with Gasteiger partial charge >= 0.3 is 0 Å². The van der Waals surface area contributed by atoms with Crippen molar-refractivity contribution < 1.29 is 0 Å². The van der Waals surface area contributed by atoms with E-state index in [0.717, 1.165) is 30.8 Å². The maximum absolute atomic E-state index is 8.94. The molecule has 0 fully saturated rings. The van der Waals surface area contributed by atoms with Crippen molar-refractivity contribution in [1.29, 1.82) is 5.26 Å². The monoisotopic (exact) mass is 228 g/mol. The van der Waals surface area contributed by atoms with Crippen molar-refractivity contribution in [3.63, 3.8) is 0 Å². The van der Waals surface area contributed by atoms with E-state index < -0.39 is 0 Å². The third kappa shape index (κ3) is 2.45. The number of hydrogen-bond donors (Lipinski definition) is 0. The van der Waals surface area contributed by atoms with Gasteiger partial charge in [0.05, 0.1) is 6.07 Å². The number of nitriles is 1. The minimum atomic E-state index is 0.796. The van der Waals surface area contributed by atoms with Crippen LogP contribution in [0.5, 0.6) is 0 Å². The minimum absolute atomic E-state index is 0.796. The van der Waals surface area contributed by atoms with Gasteiger partial charge in [-0.25, -0.2) is 9.99 Å². The molecule has 0 amide bonds. The summed E-state index contributed by atoms with van der Waals surface area (Å²) in [4.78, 5) is 4.42. The number of nitrogens with zero attached hydrogens (tertiary/aromatic N) is 4. The molecule has 4 heteroatoms. The summed E-state index contributed by atoms with van der Waals surface area (Å²) in [6.45, 7) is 2.95. The molecule has 0 aliphatic carbocycles. The molecule has 1 aromatic rings. The van der Waals surface area contributed by atoms with Gasteiger partial charge in [-0.05, 0) is 24.5 Å². The minimum Gasteiger partial charge on any atom is -0.264 e. The second-order valence-corrected chi connectivity index (χ2v) is 4.12. The Morgan fingerprint density at radius 2 is 2.29 bits per heavy atom. The van der Waals surface area contributed by atoms with Gasteiger partial charge in [0.25, 0.3) is 0 Å². The Bertz CT molecular complexity index is 455. The summed E-state index contributed by atoms with van der Waals surface area (Å²) in [5.41, 5.74) is 2.02. The highest BCUT2D eigenvalue weighted by molar-refractivity contribution is 5.45. The van der Waals surface area contributed by atoms with Crippen LogP contribution in [-0.2, 0) is 6.42 Å². The van der Waals surface area contributed by atoms with Gasteiger partial charge in [0.15, 0.2) is 0 Å². The van der Waals surface area contributed by atoms with E-state index >= 15 is 0 Å². The standard InChI is InChI=1S/C13H16N4/c1-3-11-4-5-13(15-9-11)17-10-12(8-14)6-7-16(17)2/h4-5,9-10H,3,6-7H2,1-2H3. The SMILES string of the molecule is CCc1ccc(N2C=C(C#N)CCN2C)nc1. The normalized spacial score (nSPS) is 16.5. The topological polar surface area (TPSA) is 43.2 Å². The first-order valence-electron chi connectivity index (χ1n) is 5.80. The number of hydrazine groups is 1. The van der Waals surface area contributed by atoms with E-state index in [1.165, 1.54) is 5.56 Å². The Morgan fingerprint density at radius 1 is 1.47 bits per heavy atom. The first-order chi connectivity index (χ1) is 8.24. The van der Waals surface area contributed by atoms with Crippen molar-refractivity contribution in [3.05, 3.63) is 35.7 Å². The van der Waals surface area contributed by atoms with Crippen LogP contribution in [0.2, 0.25) is 0 Å². The predicted octanol–water partition coefficient (Wildman–Crippen LogP) is 2.11. The number of anilines is 1. The van der Waals surface area contributed by atoms with Crippen LogP contribution in [0.25, 0.3) is 0 Å². The van der Waals surface area contributed by atoms with Crippen molar-refractivity contribution in [3.8, 4) is 6.07 Å². The van der Waals surface area contributed by atoms with Crippen LogP contribution < -0.4 is 5.01 Å². The Labute approximate surface area is 102 Å². The maximum atomic E-state index is 8.94. The van der Waals surface area contributed by atoms with Gasteiger partial charge in [0, 0.05) is 31.6 Å². The molecule has 88 valence electrons. The average molecular weight is 228 g/mol. The van der Waals surface area contributed by atoms with Crippen molar-refractivity contribution in [1.82, 2.24) is 9.99 Å². The largest absolute Gasteiger partial charge is 0.264 e. The van der Waals surface area contributed by atoms with Gasteiger partial charge in [-0.1, -0.05) is 13.0 Å². The molecule has 0 aromatic carbocycles. The summed E-state index contributed by atoms with van der Waals surface area (Å²) in [5.74, 6) is 0.858. The Morgan fingerprint density at radius 3 is 2.88 bits per heavy atom. The molecule has 1 aromatic heterocycles. The lowest BCUT2D eigenvalue weighted by Crippen LogP contribution is -2.40. The lowest BCUT2D eigenvalue weighted by Gasteiger charge is -2.33. The molecule has 0 N–H and O–H groups in total. The van der Waals surface area contributed by atoms with E-state index in [1.807, 2.05) is 30.5 Å². The molecule has 1 aliphatic rings. The fourth-order valence-electron chi connectivity index (χ4n) is 1.79. The van der Waals surface area contributed by atoms with Crippen molar-refractivity contribution in [2.24, 2.45) is 0 Å². The first-order valence-corrected chi connectivity index (χ1v) is 5.80. The zero-order chi connectivity index (χ0) is 12.3. The van der Waals surface area contributed by atoms with Crippen LogP contribution in [0, 0.1) is 11.3 Å². The molecule has 0 saturated heterocycles. The van der Waals surface area contributed by atoms with Crippen LogP contribution in [0.15, 0.2) is 30.1 Å². The summed E-state index contributed by atoms with van der Waals surface area (Å²) >= 11 is 0. The summed E-state index contributed by atoms with van der Waals surface area (Å²) in [5, 5.41) is 12.9. The Kier molecular flexibility index (Phi) is 3.40. The molecule has 4 nitrogen and oxygen atoms in total. The predicted molar refractivity (Wildman–Crippen MR) is 67.0 cm³/mol. The second kappa shape index (κ2) is 4.98. The number of aromatic nitrogens is 1. The molecule has 2 heterocycles. The van der Waals surface area contributed by atoms with E-state index in [2.05, 4.69) is 29.1 Å². The molecule has 0 bridgehead atoms. The molecule has 0 saturated carbocycles. The molecule has 2 rings (SSSR count). The van der Waals surface area contributed by atoms with E-state index in [4.69, 9.17) is 5.26 Å². The van der Waals surface area contributed by atoms with Crippen LogP contribution in [0.4, 0.5) is 5.82 Å². The van der Waals surface area contributed by atoms with Gasteiger partial charge in [-0.2, -0.15) is 5.26 Å². The number of pyridine rings is 1. The zero-order valence-electron chi connectivity index (χ0n) is 10.2. The van der Waals surface area contributed by atoms with E-state index in [1.54, 1.807) is 0 Å². The van der Waals surface area contributed by atoms with Gasteiger partial charge in [-0.3, -0.25) is 5.01 Å². The lowest BCUT2D eigenvalue weighted by atomic mass is 10.2. The highest BCUT2D eigenvalue weighted by atomic mass is 15.6. The van der Waals surface area contributed by atoms with Gasteiger partial charge in [-0.15, -0.1) is 0 Å². The summed E-state index contributed by atoms with van der Waals surface area (Å²) in [7, 11) is 2.00. The summed E-state index contributed by atoms with van der Waals surface area (Å²) in [6.07, 6.45) is 5.54. The summed E-state index contributed by atoms with van der Waals surface area (Å²) < 4.78 is 0. The first kappa shape index (κ1) is 11.6. The average Bonchev–Trinajstić information content (AvgIpc) is 2.39. The smallest absolute Gasteiger partial charge is 0.147 e. The Balaban J connectivity index is 2.28.